The zero-order valence-corrected chi connectivity index (χ0v) is 11.8. The molecule has 2 heterocycles. The number of aliphatic carboxylic acids is 1. The van der Waals surface area contributed by atoms with Gasteiger partial charge in [0.05, 0.1) is 4.91 Å². The summed E-state index contributed by atoms with van der Waals surface area (Å²) in [5.41, 5.74) is 0.759. The van der Waals surface area contributed by atoms with Crippen molar-refractivity contribution in [2.24, 2.45) is 0 Å². The lowest BCUT2D eigenvalue weighted by Crippen LogP contribution is -2.33. The van der Waals surface area contributed by atoms with Crippen molar-refractivity contribution in [3.8, 4) is 0 Å². The number of allylic oxidation sites excluding steroid dienone is 3. The minimum atomic E-state index is -1.07. The Hall–Kier alpha value is -1.60. The molecule has 0 aromatic heterocycles. The molecule has 0 spiro atoms. The molecule has 7 heteroatoms. The van der Waals surface area contributed by atoms with Gasteiger partial charge in [-0.1, -0.05) is 24.0 Å². The predicted octanol–water partition coefficient (Wildman–Crippen LogP) is 1.55. The van der Waals surface area contributed by atoms with Gasteiger partial charge < -0.3 is 10.0 Å². The highest BCUT2D eigenvalue weighted by Crippen LogP contribution is 2.34. The summed E-state index contributed by atoms with van der Waals surface area (Å²) in [5.74, 6) is -1.42. The normalized spacial score (nSPS) is 18.8. The molecule has 0 atom stereocenters. The molecule has 0 radical (unpaired) electrons. The molecular weight excluding hydrogens is 284 g/mol. The molecule has 100 valence electrons. The molecule has 5 nitrogen and oxygen atoms in total. The molecular formula is C12H12N2O3S2. The molecule has 0 unspecified atom stereocenters. The van der Waals surface area contributed by atoms with Crippen molar-refractivity contribution in [1.82, 2.24) is 9.80 Å². The van der Waals surface area contributed by atoms with Gasteiger partial charge in [0.15, 0.2) is 0 Å². The van der Waals surface area contributed by atoms with E-state index in [0.717, 1.165) is 28.8 Å². The van der Waals surface area contributed by atoms with Crippen molar-refractivity contribution >= 4 is 40.2 Å². The fraction of sp³-hybridized carbons (Fsp3) is 0.250. The number of hydrogen-bond donors (Lipinski definition) is 1. The van der Waals surface area contributed by atoms with E-state index in [-0.39, 0.29) is 10.2 Å². The third kappa shape index (κ3) is 2.87. The summed E-state index contributed by atoms with van der Waals surface area (Å²) in [6, 6.07) is 0. The maximum absolute atomic E-state index is 12.1. The maximum Gasteiger partial charge on any atom is 0.323 e. The Morgan fingerprint density at radius 1 is 1.42 bits per heavy atom. The Balaban J connectivity index is 2.24. The van der Waals surface area contributed by atoms with E-state index in [1.807, 2.05) is 36.4 Å². The third-order valence-corrected chi connectivity index (χ3v) is 4.14. The number of rotatable bonds is 3. The Labute approximate surface area is 120 Å². The number of thioether (sulfide) groups is 1. The number of carboxylic acids is 1. The van der Waals surface area contributed by atoms with Crippen LogP contribution in [0.2, 0.25) is 0 Å². The monoisotopic (exact) mass is 296 g/mol. The van der Waals surface area contributed by atoms with Crippen molar-refractivity contribution in [1.29, 1.82) is 0 Å². The van der Waals surface area contributed by atoms with Gasteiger partial charge in [0.2, 0.25) is 0 Å². The first-order valence-corrected chi connectivity index (χ1v) is 6.87. The smallest absolute Gasteiger partial charge is 0.323 e. The van der Waals surface area contributed by atoms with Crippen molar-refractivity contribution in [2.45, 2.75) is 6.92 Å². The van der Waals surface area contributed by atoms with E-state index in [9.17, 15) is 9.59 Å². The van der Waals surface area contributed by atoms with Crippen LogP contribution in [0.4, 0.5) is 0 Å². The Morgan fingerprint density at radius 3 is 2.58 bits per heavy atom. The maximum atomic E-state index is 12.1. The van der Waals surface area contributed by atoms with Gasteiger partial charge in [-0.3, -0.25) is 14.5 Å². The van der Waals surface area contributed by atoms with E-state index < -0.39 is 12.5 Å². The zero-order valence-electron chi connectivity index (χ0n) is 10.2. The minimum absolute atomic E-state index is 0.287. The molecule has 0 saturated carbocycles. The average Bonchev–Trinajstić information content (AvgIpc) is 2.66. The summed E-state index contributed by atoms with van der Waals surface area (Å²) in [7, 11) is 0. The van der Waals surface area contributed by atoms with Gasteiger partial charge in [-0.05, 0) is 24.6 Å². The van der Waals surface area contributed by atoms with Gasteiger partial charge >= 0.3 is 5.97 Å². The van der Waals surface area contributed by atoms with Gasteiger partial charge in [-0.15, -0.1) is 0 Å². The minimum Gasteiger partial charge on any atom is -0.480 e. The second kappa shape index (κ2) is 5.58. The molecule has 2 rings (SSSR count). The number of carbonyl (C=O) groups excluding carboxylic acids is 1. The topological polar surface area (TPSA) is 60.9 Å². The summed E-state index contributed by atoms with van der Waals surface area (Å²) in [4.78, 5) is 26.4. The highest BCUT2D eigenvalue weighted by atomic mass is 32.2. The van der Waals surface area contributed by atoms with E-state index in [1.165, 1.54) is 0 Å². The van der Waals surface area contributed by atoms with Crippen LogP contribution in [0.3, 0.4) is 0 Å². The first-order chi connectivity index (χ1) is 9.02. The number of amides is 1. The van der Waals surface area contributed by atoms with Gasteiger partial charge in [-0.25, -0.2) is 0 Å². The largest absolute Gasteiger partial charge is 0.480 e. The molecule has 2 aliphatic heterocycles. The number of carboxylic acid groups (broad SMARTS) is 1. The van der Waals surface area contributed by atoms with Crippen LogP contribution in [0, 0.1) is 0 Å². The van der Waals surface area contributed by atoms with Crippen molar-refractivity contribution in [3.63, 3.8) is 0 Å². The number of thiocarbonyl (C=S) groups is 1. The number of nitrogens with zero attached hydrogens (tertiary/aromatic N) is 2. The first kappa shape index (κ1) is 13.8. The van der Waals surface area contributed by atoms with Crippen LogP contribution in [0.25, 0.3) is 0 Å². The summed E-state index contributed by atoms with van der Waals surface area (Å²) in [5, 5.41) is 8.76. The van der Waals surface area contributed by atoms with E-state index in [1.54, 1.807) is 0 Å². The summed E-state index contributed by atoms with van der Waals surface area (Å²) < 4.78 is 0.287. The lowest BCUT2D eigenvalue weighted by Gasteiger charge is -2.16. The van der Waals surface area contributed by atoms with Crippen LogP contribution in [-0.4, -0.2) is 44.2 Å². The van der Waals surface area contributed by atoms with E-state index >= 15 is 0 Å². The average molecular weight is 296 g/mol. The standard InChI is InChI=1S/C12H12N2O3S2/c1-2-13-5-3-8(4-6-13)10-11(17)14(7-9(15)16)12(18)19-10/h3-6H,2,7H2,1H3,(H,15,16). The van der Waals surface area contributed by atoms with Crippen LogP contribution >= 0.6 is 24.0 Å². The molecule has 1 amide bonds. The molecule has 0 aliphatic carbocycles. The lowest BCUT2D eigenvalue weighted by molar-refractivity contribution is -0.140. The van der Waals surface area contributed by atoms with Crippen molar-refractivity contribution in [3.05, 3.63) is 35.0 Å². The second-order valence-corrected chi connectivity index (χ2v) is 5.54. The lowest BCUT2D eigenvalue weighted by atomic mass is 10.2. The van der Waals surface area contributed by atoms with Crippen LogP contribution in [-0.2, 0) is 9.59 Å². The van der Waals surface area contributed by atoms with E-state index in [2.05, 4.69) is 0 Å². The van der Waals surface area contributed by atoms with Crippen LogP contribution < -0.4 is 0 Å². The number of carbonyl (C=O) groups is 2. The Bertz CT molecular complexity index is 521. The fourth-order valence-corrected chi connectivity index (χ4v) is 2.95. The van der Waals surface area contributed by atoms with Crippen molar-refractivity contribution < 1.29 is 14.7 Å². The van der Waals surface area contributed by atoms with Gasteiger partial charge in [0.1, 0.15) is 10.9 Å². The molecule has 0 aromatic carbocycles. The summed E-state index contributed by atoms with van der Waals surface area (Å²) in [6.07, 6.45) is 7.41. The molecule has 0 bridgehead atoms. The summed E-state index contributed by atoms with van der Waals surface area (Å²) >= 11 is 6.18. The van der Waals surface area contributed by atoms with Gasteiger partial charge in [0.25, 0.3) is 5.91 Å². The highest BCUT2D eigenvalue weighted by molar-refractivity contribution is 8.26. The van der Waals surface area contributed by atoms with Gasteiger partial charge in [0, 0.05) is 18.9 Å². The molecule has 1 saturated heterocycles. The second-order valence-electron chi connectivity index (χ2n) is 3.90. The SMILES string of the molecule is CCN1C=CC(=C2SC(=S)N(CC(=O)O)C2=O)C=C1. The summed E-state index contributed by atoms with van der Waals surface area (Å²) in [6.45, 7) is 2.47. The molecule has 1 fully saturated rings. The molecule has 0 aromatic rings. The first-order valence-electron chi connectivity index (χ1n) is 5.64. The molecule has 19 heavy (non-hydrogen) atoms. The van der Waals surface area contributed by atoms with E-state index in [0.29, 0.717) is 4.91 Å². The molecule has 1 N–H and O–H groups in total. The zero-order chi connectivity index (χ0) is 14.0. The number of hydrogen-bond acceptors (Lipinski definition) is 5. The van der Waals surface area contributed by atoms with Gasteiger partial charge in [-0.2, -0.15) is 0 Å². The van der Waals surface area contributed by atoms with Crippen LogP contribution in [0.15, 0.2) is 35.0 Å². The third-order valence-electron chi connectivity index (χ3n) is 2.66. The van der Waals surface area contributed by atoms with E-state index in [4.69, 9.17) is 17.3 Å². The van der Waals surface area contributed by atoms with Crippen LogP contribution in [0.5, 0.6) is 0 Å². The quantitative estimate of drug-likeness (QED) is 0.630. The van der Waals surface area contributed by atoms with Crippen LogP contribution in [0.1, 0.15) is 6.92 Å². The fourth-order valence-electron chi connectivity index (χ4n) is 1.67. The molecule has 2 aliphatic rings. The Morgan fingerprint density at radius 2 is 2.05 bits per heavy atom. The predicted molar refractivity (Wildman–Crippen MR) is 77.2 cm³/mol. The highest BCUT2D eigenvalue weighted by Gasteiger charge is 2.34. The van der Waals surface area contributed by atoms with Crippen molar-refractivity contribution in [2.75, 3.05) is 13.1 Å². The Kier molecular flexibility index (Phi) is 4.06.